The van der Waals surface area contributed by atoms with E-state index in [-0.39, 0.29) is 24.6 Å². The third-order valence-corrected chi connectivity index (χ3v) is 1.78. The monoisotopic (exact) mass is 224 g/mol. The fourth-order valence-electron chi connectivity index (χ4n) is 0.995. The second-order valence-electron chi connectivity index (χ2n) is 2.98. The standard InChI is InChI=1S/C10H10FN3O2/c1-2-3-4-9(15)12-8-5-6-14(7-11)10(16)13-8/h2,5-7H,1,3-4H2/p+1. The van der Waals surface area contributed by atoms with Gasteiger partial charge in [-0.1, -0.05) is 6.08 Å². The number of allylic oxidation sites excluding steroid dienone is 1. The van der Waals surface area contributed by atoms with Crippen molar-refractivity contribution in [2.45, 2.75) is 12.8 Å². The number of halogens is 1. The van der Waals surface area contributed by atoms with Crippen molar-refractivity contribution in [3.8, 4) is 0 Å². The van der Waals surface area contributed by atoms with E-state index >= 15 is 0 Å². The second-order valence-corrected chi connectivity index (χ2v) is 2.98. The van der Waals surface area contributed by atoms with Crippen molar-refractivity contribution in [2.75, 3.05) is 0 Å². The summed E-state index contributed by atoms with van der Waals surface area (Å²) in [6, 6.07) is -0.788. The Bertz CT molecular complexity index is 410. The number of hydrogen-bond donors (Lipinski definition) is 1. The quantitative estimate of drug-likeness (QED) is 0.577. The van der Waals surface area contributed by atoms with E-state index in [0.717, 1.165) is 0 Å². The van der Waals surface area contributed by atoms with Crippen LogP contribution < -0.4 is 5.32 Å². The Morgan fingerprint density at radius 2 is 2.44 bits per heavy atom. The summed E-state index contributed by atoms with van der Waals surface area (Å²) in [4.78, 5) is 25.8. The molecule has 3 amide bonds. The molecule has 0 unspecified atom stereocenters. The Hall–Kier alpha value is -2.11. The van der Waals surface area contributed by atoms with Gasteiger partial charge in [-0.2, -0.15) is 9.18 Å². The van der Waals surface area contributed by atoms with Crippen molar-refractivity contribution >= 4 is 24.2 Å². The minimum atomic E-state index is -0.788. The Morgan fingerprint density at radius 3 is 3.00 bits per heavy atom. The van der Waals surface area contributed by atoms with Gasteiger partial charge in [0.1, 0.15) is 6.20 Å². The van der Waals surface area contributed by atoms with Gasteiger partial charge in [-0.15, -0.1) is 11.2 Å². The molecule has 0 bridgehead atoms. The van der Waals surface area contributed by atoms with Crippen LogP contribution in [-0.2, 0) is 4.79 Å². The average molecular weight is 224 g/mol. The Morgan fingerprint density at radius 1 is 1.69 bits per heavy atom. The number of hydrogen-bond acceptors (Lipinski definition) is 2. The molecule has 0 saturated carbocycles. The number of nitrogens with zero attached hydrogens (tertiary/aromatic N) is 2. The van der Waals surface area contributed by atoms with E-state index in [0.29, 0.717) is 11.0 Å². The van der Waals surface area contributed by atoms with Crippen molar-refractivity contribution in [2.24, 2.45) is 4.99 Å². The molecule has 0 saturated heterocycles. The summed E-state index contributed by atoms with van der Waals surface area (Å²) in [6.45, 7) is 3.58. The zero-order valence-electron chi connectivity index (χ0n) is 8.52. The minimum absolute atomic E-state index is 0.0959. The number of carbonyl (C=O) groups is 2. The van der Waals surface area contributed by atoms with E-state index in [2.05, 4.69) is 16.9 Å². The van der Waals surface area contributed by atoms with Gasteiger partial charge in [0.15, 0.2) is 0 Å². The lowest BCUT2D eigenvalue weighted by Crippen LogP contribution is -2.32. The maximum Gasteiger partial charge on any atom is 0.548 e. The molecule has 1 heterocycles. The highest BCUT2D eigenvalue weighted by Crippen LogP contribution is 1.97. The number of rotatable bonds is 3. The number of carbonyl (C=O) groups excluding carboxylic acids is 2. The van der Waals surface area contributed by atoms with E-state index in [1.165, 1.54) is 12.3 Å². The van der Waals surface area contributed by atoms with Crippen molar-refractivity contribution in [3.63, 3.8) is 0 Å². The maximum absolute atomic E-state index is 12.0. The van der Waals surface area contributed by atoms with Crippen molar-refractivity contribution < 1.29 is 18.6 Å². The fraction of sp³-hybridized carbons (Fsp3) is 0.200. The summed E-state index contributed by atoms with van der Waals surface area (Å²) in [5.74, 6) is -0.161. The first-order valence-electron chi connectivity index (χ1n) is 4.61. The molecule has 1 aliphatic heterocycles. The predicted octanol–water partition coefficient (Wildman–Crippen LogP) is 1.12. The van der Waals surface area contributed by atoms with Crippen LogP contribution >= 0.6 is 0 Å². The molecule has 0 radical (unpaired) electrons. The lowest BCUT2D eigenvalue weighted by molar-refractivity contribution is -0.348. The number of aliphatic imine (C=N–C) groups is 1. The summed E-state index contributed by atoms with van der Waals surface area (Å²) in [5, 5.41) is 2.42. The summed E-state index contributed by atoms with van der Waals surface area (Å²) in [7, 11) is 0. The topological polar surface area (TPSA) is 61.5 Å². The number of urea groups is 1. The number of nitrogens with one attached hydrogen (secondary N) is 1. The van der Waals surface area contributed by atoms with E-state index < -0.39 is 6.03 Å². The second kappa shape index (κ2) is 5.69. The molecule has 84 valence electrons. The molecule has 0 aromatic heterocycles. The summed E-state index contributed by atoms with van der Waals surface area (Å²) in [5.41, 5.74) is 0. The minimum Gasteiger partial charge on any atom is -0.289 e. The van der Waals surface area contributed by atoms with Crippen LogP contribution in [0, 0.1) is 0 Å². The van der Waals surface area contributed by atoms with Crippen molar-refractivity contribution in [1.82, 2.24) is 5.32 Å². The molecule has 16 heavy (non-hydrogen) atoms. The molecule has 1 aliphatic rings. The van der Waals surface area contributed by atoms with Crippen LogP contribution in [0.3, 0.4) is 0 Å². The van der Waals surface area contributed by atoms with E-state index in [4.69, 9.17) is 0 Å². The highest BCUT2D eigenvalue weighted by molar-refractivity contribution is 6.08. The molecule has 0 spiro atoms. The first-order chi connectivity index (χ1) is 7.67. The normalized spacial score (nSPS) is 17.2. The lowest BCUT2D eigenvalue weighted by Gasteiger charge is -2.01. The molecule has 0 atom stereocenters. The molecule has 1 N–H and O–H groups in total. The number of amides is 3. The molecule has 0 aromatic rings. The van der Waals surface area contributed by atoms with E-state index in [1.54, 1.807) is 6.08 Å². The van der Waals surface area contributed by atoms with E-state index in [1.807, 2.05) is 0 Å². The molecule has 1 rings (SSSR count). The largest absolute Gasteiger partial charge is 0.548 e. The molecule has 0 aromatic carbocycles. The number of amidine groups is 1. The molecule has 0 aliphatic carbocycles. The van der Waals surface area contributed by atoms with Gasteiger partial charge in [-0.25, -0.2) is 0 Å². The fourth-order valence-corrected chi connectivity index (χ4v) is 0.995. The maximum atomic E-state index is 12.0. The van der Waals surface area contributed by atoms with Gasteiger partial charge in [-0.3, -0.25) is 10.1 Å². The zero-order chi connectivity index (χ0) is 12.0. The van der Waals surface area contributed by atoms with Gasteiger partial charge >= 0.3 is 6.03 Å². The summed E-state index contributed by atoms with van der Waals surface area (Å²) >= 11 is 0. The molecular weight excluding hydrogens is 213 g/mol. The first-order valence-corrected chi connectivity index (χ1v) is 4.61. The Balaban J connectivity index is 2.58. The van der Waals surface area contributed by atoms with Crippen LogP contribution in [0.2, 0.25) is 0 Å². The smallest absolute Gasteiger partial charge is 0.289 e. The third-order valence-electron chi connectivity index (χ3n) is 1.78. The van der Waals surface area contributed by atoms with Gasteiger partial charge in [0, 0.05) is 17.5 Å². The summed E-state index contributed by atoms with van der Waals surface area (Å²) < 4.78 is 12.7. The van der Waals surface area contributed by atoms with Gasteiger partial charge in [0.2, 0.25) is 12.4 Å². The highest BCUT2D eigenvalue weighted by Gasteiger charge is 2.22. The van der Waals surface area contributed by atoms with Crippen LogP contribution in [0.5, 0.6) is 0 Å². The molecule has 5 nitrogen and oxygen atoms in total. The third kappa shape index (κ3) is 3.23. The highest BCUT2D eigenvalue weighted by atomic mass is 19.1. The van der Waals surface area contributed by atoms with Crippen LogP contribution in [0.1, 0.15) is 12.8 Å². The summed E-state index contributed by atoms with van der Waals surface area (Å²) in [6.07, 6.45) is 4.94. The van der Waals surface area contributed by atoms with Crippen LogP contribution in [-0.4, -0.2) is 28.8 Å². The van der Waals surface area contributed by atoms with Crippen LogP contribution in [0.15, 0.2) is 29.9 Å². The predicted molar refractivity (Wildman–Crippen MR) is 57.0 cm³/mol. The van der Waals surface area contributed by atoms with Crippen molar-refractivity contribution in [1.29, 1.82) is 0 Å². The first kappa shape index (κ1) is 12.0. The van der Waals surface area contributed by atoms with Gasteiger partial charge in [0.05, 0.1) is 0 Å². The lowest BCUT2D eigenvalue weighted by atomic mass is 10.3. The van der Waals surface area contributed by atoms with Crippen LogP contribution in [0.4, 0.5) is 9.18 Å². The Labute approximate surface area is 91.7 Å². The SMILES string of the molecule is C=CCCC(=O)NC1=NC(=O)[N+](=CF)C=C1. The molecule has 6 heteroatoms. The van der Waals surface area contributed by atoms with Gasteiger partial charge in [0.25, 0.3) is 5.84 Å². The molecule has 0 fully saturated rings. The zero-order valence-corrected chi connectivity index (χ0v) is 8.52. The van der Waals surface area contributed by atoms with E-state index in [9.17, 15) is 14.0 Å². The van der Waals surface area contributed by atoms with Gasteiger partial charge < -0.3 is 0 Å². The van der Waals surface area contributed by atoms with Crippen molar-refractivity contribution in [3.05, 3.63) is 24.9 Å². The Kier molecular flexibility index (Phi) is 4.26. The van der Waals surface area contributed by atoms with Gasteiger partial charge in [-0.05, 0) is 6.42 Å². The average Bonchev–Trinajstić information content (AvgIpc) is 2.26. The van der Waals surface area contributed by atoms with Crippen LogP contribution in [0.25, 0.3) is 0 Å². The molecular formula is C10H11FN3O2+.